The Balaban J connectivity index is 1.43. The fourth-order valence-electron chi connectivity index (χ4n) is 4.12. The minimum Gasteiger partial charge on any atom is -0.369 e. The van der Waals surface area contributed by atoms with Crippen LogP contribution in [0.25, 0.3) is 0 Å². The van der Waals surface area contributed by atoms with Gasteiger partial charge in [0, 0.05) is 51.4 Å². The first-order valence-electron chi connectivity index (χ1n) is 10.6. The Morgan fingerprint density at radius 2 is 1.72 bits per heavy atom. The van der Waals surface area contributed by atoms with Crippen molar-refractivity contribution in [2.75, 3.05) is 50.7 Å². The number of carbonyl (C=O) groups excluding carboxylic acids is 1. The zero-order valence-electron chi connectivity index (χ0n) is 17.5. The molecule has 0 atom stereocenters. The standard InChI is InChI=1S/C22H32F3N3O/c1-21(2)8-7-20(29)28(12-9-21)11-4-10-26-13-15-27(16-14-26)19-6-3-5-18(17-19)22(23,24)25/h3,5-6,17H,4,7-16H2,1-2H3. The number of nitrogens with zero attached hydrogens (tertiary/aromatic N) is 3. The summed E-state index contributed by atoms with van der Waals surface area (Å²) in [5.74, 6) is 0.268. The van der Waals surface area contributed by atoms with E-state index in [9.17, 15) is 18.0 Å². The molecule has 4 nitrogen and oxygen atoms in total. The quantitative estimate of drug-likeness (QED) is 0.725. The van der Waals surface area contributed by atoms with E-state index in [2.05, 4.69) is 18.7 Å². The number of anilines is 1. The van der Waals surface area contributed by atoms with E-state index < -0.39 is 11.7 Å². The van der Waals surface area contributed by atoms with Crippen LogP contribution in [0.5, 0.6) is 0 Å². The van der Waals surface area contributed by atoms with Crippen LogP contribution in [0.4, 0.5) is 18.9 Å². The van der Waals surface area contributed by atoms with Gasteiger partial charge in [-0.3, -0.25) is 9.69 Å². The first-order chi connectivity index (χ1) is 13.6. The number of likely N-dealkylation sites (tertiary alicyclic amines) is 1. The molecule has 7 heteroatoms. The van der Waals surface area contributed by atoms with Crippen LogP contribution in [-0.2, 0) is 11.0 Å². The highest BCUT2D eigenvalue weighted by molar-refractivity contribution is 5.76. The topological polar surface area (TPSA) is 26.8 Å². The van der Waals surface area contributed by atoms with E-state index in [1.54, 1.807) is 6.07 Å². The predicted octanol–water partition coefficient (Wildman–Crippen LogP) is 4.26. The summed E-state index contributed by atoms with van der Waals surface area (Å²) in [5, 5.41) is 0. The van der Waals surface area contributed by atoms with Crippen LogP contribution in [0.1, 0.15) is 45.1 Å². The van der Waals surface area contributed by atoms with Gasteiger partial charge in [0.2, 0.25) is 5.91 Å². The van der Waals surface area contributed by atoms with Gasteiger partial charge in [0.05, 0.1) is 5.56 Å². The van der Waals surface area contributed by atoms with E-state index in [1.807, 2.05) is 9.80 Å². The molecule has 162 valence electrons. The molecule has 29 heavy (non-hydrogen) atoms. The molecule has 2 aliphatic rings. The predicted molar refractivity (Wildman–Crippen MR) is 109 cm³/mol. The van der Waals surface area contributed by atoms with Crippen molar-refractivity contribution in [3.63, 3.8) is 0 Å². The maximum atomic E-state index is 12.9. The van der Waals surface area contributed by atoms with Crippen molar-refractivity contribution in [1.82, 2.24) is 9.80 Å². The summed E-state index contributed by atoms with van der Waals surface area (Å²) in [5.41, 5.74) is 0.282. The molecule has 1 aromatic carbocycles. The van der Waals surface area contributed by atoms with E-state index in [1.165, 1.54) is 12.1 Å². The highest BCUT2D eigenvalue weighted by Gasteiger charge is 2.31. The number of alkyl halides is 3. The number of carbonyl (C=O) groups is 1. The zero-order chi connectivity index (χ0) is 21.1. The van der Waals surface area contributed by atoms with Crippen LogP contribution in [0.2, 0.25) is 0 Å². The largest absolute Gasteiger partial charge is 0.416 e. The van der Waals surface area contributed by atoms with Crippen molar-refractivity contribution in [1.29, 1.82) is 0 Å². The van der Waals surface area contributed by atoms with Crippen LogP contribution in [-0.4, -0.2) is 61.5 Å². The van der Waals surface area contributed by atoms with Crippen molar-refractivity contribution in [3.8, 4) is 0 Å². The van der Waals surface area contributed by atoms with Crippen molar-refractivity contribution in [2.45, 2.75) is 45.7 Å². The van der Waals surface area contributed by atoms with Crippen molar-refractivity contribution in [2.24, 2.45) is 5.41 Å². The lowest BCUT2D eigenvalue weighted by Crippen LogP contribution is -2.47. The molecule has 3 rings (SSSR count). The summed E-state index contributed by atoms with van der Waals surface area (Å²) >= 11 is 0. The second kappa shape index (κ2) is 8.94. The number of halogens is 3. The zero-order valence-corrected chi connectivity index (χ0v) is 17.5. The summed E-state index contributed by atoms with van der Waals surface area (Å²) in [6, 6.07) is 5.58. The molecule has 2 saturated heterocycles. The molecule has 0 saturated carbocycles. The van der Waals surface area contributed by atoms with Gasteiger partial charge < -0.3 is 9.80 Å². The second-order valence-electron chi connectivity index (χ2n) is 9.03. The molecule has 0 spiro atoms. The van der Waals surface area contributed by atoms with Gasteiger partial charge in [0.25, 0.3) is 0 Å². The summed E-state index contributed by atoms with van der Waals surface area (Å²) in [6.45, 7) is 10.1. The first-order valence-corrected chi connectivity index (χ1v) is 10.6. The van der Waals surface area contributed by atoms with Crippen LogP contribution in [0.15, 0.2) is 24.3 Å². The van der Waals surface area contributed by atoms with Gasteiger partial charge in [-0.1, -0.05) is 19.9 Å². The number of piperazine rings is 1. The third kappa shape index (κ3) is 6.11. The van der Waals surface area contributed by atoms with Crippen molar-refractivity contribution < 1.29 is 18.0 Å². The van der Waals surface area contributed by atoms with Crippen molar-refractivity contribution >= 4 is 11.6 Å². The van der Waals surface area contributed by atoms with E-state index in [0.717, 1.165) is 71.1 Å². The van der Waals surface area contributed by atoms with Crippen LogP contribution < -0.4 is 4.90 Å². The highest BCUT2D eigenvalue weighted by Crippen LogP contribution is 2.32. The molecule has 2 aliphatic heterocycles. The Bertz CT molecular complexity index is 697. The molecule has 1 aromatic rings. The molecule has 0 aliphatic carbocycles. The van der Waals surface area contributed by atoms with E-state index in [-0.39, 0.29) is 11.3 Å². The highest BCUT2D eigenvalue weighted by atomic mass is 19.4. The third-order valence-corrected chi connectivity index (χ3v) is 6.24. The number of benzene rings is 1. The minimum atomic E-state index is -4.31. The lowest BCUT2D eigenvalue weighted by atomic mass is 9.85. The van der Waals surface area contributed by atoms with Gasteiger partial charge in [-0.05, 0) is 49.4 Å². The average Bonchev–Trinajstić information content (AvgIpc) is 2.81. The summed E-state index contributed by atoms with van der Waals surface area (Å²) in [7, 11) is 0. The number of rotatable bonds is 5. The first kappa shape index (κ1) is 21.9. The summed E-state index contributed by atoms with van der Waals surface area (Å²) in [6.07, 6.45) is -0.718. The maximum Gasteiger partial charge on any atom is 0.416 e. The van der Waals surface area contributed by atoms with Crippen LogP contribution in [0.3, 0.4) is 0 Å². The number of amides is 1. The fourth-order valence-corrected chi connectivity index (χ4v) is 4.12. The molecule has 0 N–H and O–H groups in total. The molecule has 0 radical (unpaired) electrons. The molecular weight excluding hydrogens is 379 g/mol. The second-order valence-corrected chi connectivity index (χ2v) is 9.03. The number of hydrogen-bond donors (Lipinski definition) is 0. The molecule has 0 unspecified atom stereocenters. The minimum absolute atomic E-state index is 0.240. The molecule has 0 aromatic heterocycles. The lowest BCUT2D eigenvalue weighted by Gasteiger charge is -2.36. The monoisotopic (exact) mass is 411 g/mol. The SMILES string of the molecule is CC1(C)CCC(=O)N(CCCN2CCN(c3cccc(C(F)(F)F)c3)CC2)CC1. The van der Waals surface area contributed by atoms with E-state index in [4.69, 9.17) is 0 Å². The Labute approximate surface area is 171 Å². The molecular formula is C22H32F3N3O. The van der Waals surface area contributed by atoms with Crippen LogP contribution >= 0.6 is 0 Å². The van der Waals surface area contributed by atoms with Gasteiger partial charge in [0.1, 0.15) is 0 Å². The van der Waals surface area contributed by atoms with Crippen LogP contribution in [0, 0.1) is 5.41 Å². The smallest absolute Gasteiger partial charge is 0.369 e. The van der Waals surface area contributed by atoms with Gasteiger partial charge in [0.15, 0.2) is 0 Å². The molecule has 2 heterocycles. The fraction of sp³-hybridized carbons (Fsp3) is 0.682. The summed E-state index contributed by atoms with van der Waals surface area (Å²) in [4.78, 5) is 18.7. The van der Waals surface area contributed by atoms with Crippen molar-refractivity contribution in [3.05, 3.63) is 29.8 Å². The Morgan fingerprint density at radius 3 is 2.41 bits per heavy atom. The average molecular weight is 412 g/mol. The number of hydrogen-bond acceptors (Lipinski definition) is 3. The van der Waals surface area contributed by atoms with Gasteiger partial charge >= 0.3 is 6.18 Å². The molecule has 0 bridgehead atoms. The van der Waals surface area contributed by atoms with Gasteiger partial charge in [-0.2, -0.15) is 13.2 Å². The third-order valence-electron chi connectivity index (χ3n) is 6.24. The van der Waals surface area contributed by atoms with Gasteiger partial charge in [-0.25, -0.2) is 0 Å². The Hall–Kier alpha value is -1.76. The maximum absolute atomic E-state index is 12.9. The normalized spacial score (nSPS) is 21.3. The Kier molecular flexibility index (Phi) is 6.76. The molecule has 2 fully saturated rings. The summed E-state index contributed by atoms with van der Waals surface area (Å²) < 4.78 is 38.8. The lowest BCUT2D eigenvalue weighted by molar-refractivity contribution is -0.137. The Morgan fingerprint density at radius 1 is 1.00 bits per heavy atom. The van der Waals surface area contributed by atoms with E-state index in [0.29, 0.717) is 12.1 Å². The van der Waals surface area contributed by atoms with Gasteiger partial charge in [-0.15, -0.1) is 0 Å². The van der Waals surface area contributed by atoms with E-state index >= 15 is 0 Å². The molecule has 1 amide bonds.